The average molecular weight is 202 g/mol. The van der Waals surface area contributed by atoms with Gasteiger partial charge in [0.25, 0.3) is 5.56 Å². The molecule has 0 aliphatic rings. The van der Waals surface area contributed by atoms with Crippen LogP contribution in [-0.4, -0.2) is 9.55 Å². The molecule has 0 saturated carbocycles. The summed E-state index contributed by atoms with van der Waals surface area (Å²) in [6.07, 6.45) is 7.34. The van der Waals surface area contributed by atoms with Gasteiger partial charge >= 0.3 is 0 Å². The Morgan fingerprint density at radius 1 is 1.40 bits per heavy atom. The first-order valence-electron chi connectivity index (χ1n) is 5.26. The Labute approximate surface area is 88.4 Å². The summed E-state index contributed by atoms with van der Waals surface area (Å²) in [4.78, 5) is 15.9. The zero-order chi connectivity index (χ0) is 10.7. The highest BCUT2D eigenvalue weighted by Crippen LogP contribution is 2.06. The van der Waals surface area contributed by atoms with Crippen LogP contribution < -0.4 is 5.56 Å². The molecule has 0 bridgehead atoms. The van der Waals surface area contributed by atoms with Gasteiger partial charge < -0.3 is 4.57 Å². The number of nitrogens with zero attached hydrogens (tertiary/aromatic N) is 2. The van der Waals surface area contributed by atoms with Crippen LogP contribution in [-0.2, 0) is 6.54 Å². The predicted molar refractivity (Wildman–Crippen MR) is 60.9 cm³/mol. The fraction of sp³-hybridized carbons (Fsp3) is 0.333. The van der Waals surface area contributed by atoms with E-state index in [2.05, 4.69) is 11.9 Å². The number of rotatable bonds is 3. The molecule has 2 aromatic heterocycles. The fourth-order valence-corrected chi connectivity index (χ4v) is 1.63. The Hall–Kier alpha value is -1.64. The van der Waals surface area contributed by atoms with E-state index in [-0.39, 0.29) is 5.56 Å². The minimum atomic E-state index is 0.0639. The maximum Gasteiger partial charge on any atom is 0.259 e. The molecular formula is C12H14N2O. The number of aromatic nitrogens is 2. The van der Waals surface area contributed by atoms with Crippen molar-refractivity contribution in [3.05, 3.63) is 41.1 Å². The molecule has 0 radical (unpaired) electrons. The van der Waals surface area contributed by atoms with E-state index in [0.29, 0.717) is 5.39 Å². The van der Waals surface area contributed by atoms with Crippen LogP contribution in [0.3, 0.4) is 0 Å². The monoisotopic (exact) mass is 202 g/mol. The van der Waals surface area contributed by atoms with E-state index in [4.69, 9.17) is 0 Å². The summed E-state index contributed by atoms with van der Waals surface area (Å²) in [6, 6.07) is 3.83. The Morgan fingerprint density at radius 2 is 2.27 bits per heavy atom. The summed E-state index contributed by atoms with van der Waals surface area (Å²) < 4.78 is 1.76. The molecule has 2 aromatic rings. The summed E-state index contributed by atoms with van der Waals surface area (Å²) in [5.41, 5.74) is 0.0639. The lowest BCUT2D eigenvalue weighted by atomic mass is 10.2. The van der Waals surface area contributed by atoms with Gasteiger partial charge in [-0.15, -0.1) is 0 Å². The van der Waals surface area contributed by atoms with Crippen molar-refractivity contribution in [2.24, 2.45) is 0 Å². The predicted octanol–water partition coefficient (Wildman–Crippen LogP) is 2.20. The summed E-state index contributed by atoms with van der Waals surface area (Å²) in [5, 5.41) is 1.67. The minimum Gasteiger partial charge on any atom is -0.315 e. The second-order valence-electron chi connectivity index (χ2n) is 3.63. The van der Waals surface area contributed by atoms with Crippen LogP contribution in [0.4, 0.5) is 0 Å². The molecule has 2 heterocycles. The molecule has 0 spiro atoms. The molecule has 78 valence electrons. The Kier molecular flexibility index (Phi) is 2.81. The number of aryl methyl sites for hydroxylation is 1. The number of pyridine rings is 2. The van der Waals surface area contributed by atoms with Crippen LogP contribution in [0.5, 0.6) is 0 Å². The van der Waals surface area contributed by atoms with Gasteiger partial charge in [-0.05, 0) is 23.9 Å². The zero-order valence-electron chi connectivity index (χ0n) is 8.81. The molecule has 0 atom stereocenters. The fourth-order valence-electron chi connectivity index (χ4n) is 1.63. The first kappa shape index (κ1) is 9.90. The lowest BCUT2D eigenvalue weighted by molar-refractivity contribution is 0.617. The van der Waals surface area contributed by atoms with Gasteiger partial charge in [-0.3, -0.25) is 9.78 Å². The first-order chi connectivity index (χ1) is 7.33. The standard InChI is InChI=1S/C12H14N2O/c1-2-3-7-14-8-5-10-4-6-13-9-11(10)12(14)15/h4-6,8-9H,2-3,7H2,1H3. The highest BCUT2D eigenvalue weighted by Gasteiger charge is 2.01. The maximum absolute atomic E-state index is 12.0. The number of hydrogen-bond acceptors (Lipinski definition) is 2. The van der Waals surface area contributed by atoms with Gasteiger partial charge in [0, 0.05) is 25.1 Å². The maximum atomic E-state index is 12.0. The second-order valence-corrected chi connectivity index (χ2v) is 3.63. The summed E-state index contributed by atoms with van der Waals surface area (Å²) in [7, 11) is 0. The SMILES string of the molecule is CCCCn1ccc2ccncc2c1=O. The van der Waals surface area contributed by atoms with E-state index >= 15 is 0 Å². The van der Waals surface area contributed by atoms with Crippen molar-refractivity contribution in [1.82, 2.24) is 9.55 Å². The number of fused-ring (bicyclic) bond motifs is 1. The van der Waals surface area contributed by atoms with Gasteiger partial charge in [-0.25, -0.2) is 0 Å². The topological polar surface area (TPSA) is 34.9 Å². The summed E-state index contributed by atoms with van der Waals surface area (Å²) >= 11 is 0. The molecule has 15 heavy (non-hydrogen) atoms. The Morgan fingerprint density at radius 3 is 3.07 bits per heavy atom. The first-order valence-corrected chi connectivity index (χ1v) is 5.26. The molecule has 0 aromatic carbocycles. The van der Waals surface area contributed by atoms with Crippen LogP contribution in [0, 0.1) is 0 Å². The van der Waals surface area contributed by atoms with Crippen molar-refractivity contribution >= 4 is 10.8 Å². The van der Waals surface area contributed by atoms with Crippen molar-refractivity contribution in [3.8, 4) is 0 Å². The van der Waals surface area contributed by atoms with E-state index in [1.165, 1.54) is 0 Å². The molecule has 0 unspecified atom stereocenters. The third-order valence-corrected chi connectivity index (χ3v) is 2.53. The smallest absolute Gasteiger partial charge is 0.259 e. The largest absolute Gasteiger partial charge is 0.315 e. The summed E-state index contributed by atoms with van der Waals surface area (Å²) in [6.45, 7) is 2.91. The van der Waals surface area contributed by atoms with Gasteiger partial charge in [0.15, 0.2) is 0 Å². The third-order valence-electron chi connectivity index (χ3n) is 2.53. The lowest BCUT2D eigenvalue weighted by Crippen LogP contribution is -2.19. The highest BCUT2D eigenvalue weighted by molar-refractivity contribution is 5.80. The van der Waals surface area contributed by atoms with Gasteiger partial charge in [-0.2, -0.15) is 0 Å². The van der Waals surface area contributed by atoms with Gasteiger partial charge in [0.05, 0.1) is 5.39 Å². The van der Waals surface area contributed by atoms with Crippen LogP contribution >= 0.6 is 0 Å². The molecule has 0 aliphatic carbocycles. The van der Waals surface area contributed by atoms with Crippen molar-refractivity contribution < 1.29 is 0 Å². The average Bonchev–Trinajstić information content (AvgIpc) is 2.29. The quantitative estimate of drug-likeness (QED) is 0.764. The molecule has 0 saturated heterocycles. The zero-order valence-corrected chi connectivity index (χ0v) is 8.81. The van der Waals surface area contributed by atoms with E-state index < -0.39 is 0 Å². The van der Waals surface area contributed by atoms with Crippen molar-refractivity contribution in [2.75, 3.05) is 0 Å². The van der Waals surface area contributed by atoms with E-state index in [0.717, 1.165) is 24.8 Å². The number of unbranched alkanes of at least 4 members (excludes halogenated alkanes) is 1. The van der Waals surface area contributed by atoms with Crippen molar-refractivity contribution in [1.29, 1.82) is 0 Å². The van der Waals surface area contributed by atoms with E-state index in [1.54, 1.807) is 17.0 Å². The molecule has 0 amide bonds. The lowest BCUT2D eigenvalue weighted by Gasteiger charge is -2.05. The minimum absolute atomic E-state index is 0.0639. The van der Waals surface area contributed by atoms with Gasteiger partial charge in [0.1, 0.15) is 0 Å². The molecule has 0 aliphatic heterocycles. The normalized spacial score (nSPS) is 10.7. The van der Waals surface area contributed by atoms with Crippen molar-refractivity contribution in [2.45, 2.75) is 26.3 Å². The van der Waals surface area contributed by atoms with E-state index in [1.807, 2.05) is 18.3 Å². The van der Waals surface area contributed by atoms with Crippen LogP contribution in [0.2, 0.25) is 0 Å². The van der Waals surface area contributed by atoms with Crippen LogP contribution in [0.1, 0.15) is 19.8 Å². The van der Waals surface area contributed by atoms with E-state index in [9.17, 15) is 4.79 Å². The third kappa shape index (κ3) is 1.91. The van der Waals surface area contributed by atoms with Gasteiger partial charge in [-0.1, -0.05) is 13.3 Å². The summed E-state index contributed by atoms with van der Waals surface area (Å²) in [5.74, 6) is 0. The number of hydrogen-bond donors (Lipinski definition) is 0. The Balaban J connectivity index is 2.51. The molecule has 0 fully saturated rings. The molecule has 3 heteroatoms. The molecule has 0 N–H and O–H groups in total. The van der Waals surface area contributed by atoms with Gasteiger partial charge in [0.2, 0.25) is 0 Å². The molecule has 2 rings (SSSR count). The van der Waals surface area contributed by atoms with Crippen LogP contribution in [0.15, 0.2) is 35.5 Å². The molecule has 3 nitrogen and oxygen atoms in total. The Bertz CT molecular complexity index is 516. The van der Waals surface area contributed by atoms with Crippen molar-refractivity contribution in [3.63, 3.8) is 0 Å². The highest BCUT2D eigenvalue weighted by atomic mass is 16.1. The van der Waals surface area contributed by atoms with Crippen LogP contribution in [0.25, 0.3) is 10.8 Å². The molecular weight excluding hydrogens is 188 g/mol. The second kappa shape index (κ2) is 4.26.